The van der Waals surface area contributed by atoms with Crippen molar-refractivity contribution in [2.75, 3.05) is 7.11 Å². The first-order chi connectivity index (χ1) is 8.67. The summed E-state index contributed by atoms with van der Waals surface area (Å²) in [6.45, 7) is 1.95. The second-order valence-electron chi connectivity index (χ2n) is 4.10. The molecule has 1 heterocycles. The van der Waals surface area contributed by atoms with Crippen LogP contribution >= 0.6 is 11.3 Å². The van der Waals surface area contributed by atoms with Gasteiger partial charge in [0.2, 0.25) is 0 Å². The summed E-state index contributed by atoms with van der Waals surface area (Å²) in [5, 5.41) is 2.95. The monoisotopic (exact) mass is 261 g/mol. The molecule has 0 bridgehead atoms. The summed E-state index contributed by atoms with van der Waals surface area (Å²) in [7, 11) is 1.63. The number of benzene rings is 1. The van der Waals surface area contributed by atoms with Crippen LogP contribution in [0.4, 0.5) is 0 Å². The van der Waals surface area contributed by atoms with E-state index in [1.807, 2.05) is 36.6 Å². The van der Waals surface area contributed by atoms with Gasteiger partial charge in [0.1, 0.15) is 11.5 Å². The standard InChI is InChI=1S/C14H15NO2S/c1-10-15-12(9-18-10)8-13(16)7-11-3-5-14(17-2)6-4-11/h3-6,9H,7-8H2,1-2H3. The Bertz CT molecular complexity index is 531. The normalized spacial score (nSPS) is 10.3. The van der Waals surface area contributed by atoms with Crippen molar-refractivity contribution in [3.63, 3.8) is 0 Å². The number of hydrogen-bond donors (Lipinski definition) is 0. The molecule has 1 aromatic heterocycles. The maximum absolute atomic E-state index is 11.9. The van der Waals surface area contributed by atoms with Gasteiger partial charge in [-0.3, -0.25) is 4.79 Å². The number of nitrogens with zero attached hydrogens (tertiary/aromatic N) is 1. The van der Waals surface area contributed by atoms with Crippen LogP contribution in [0.3, 0.4) is 0 Å². The van der Waals surface area contributed by atoms with E-state index >= 15 is 0 Å². The smallest absolute Gasteiger partial charge is 0.143 e. The highest BCUT2D eigenvalue weighted by Gasteiger charge is 2.07. The summed E-state index contributed by atoms with van der Waals surface area (Å²) in [5.41, 5.74) is 1.88. The van der Waals surface area contributed by atoms with Crippen molar-refractivity contribution < 1.29 is 9.53 Å². The highest BCUT2D eigenvalue weighted by molar-refractivity contribution is 7.09. The number of aryl methyl sites for hydroxylation is 1. The maximum Gasteiger partial charge on any atom is 0.143 e. The van der Waals surface area contributed by atoms with Crippen molar-refractivity contribution in [1.82, 2.24) is 4.98 Å². The average Bonchev–Trinajstić information content (AvgIpc) is 2.75. The molecule has 0 aliphatic carbocycles. The van der Waals surface area contributed by atoms with E-state index in [1.54, 1.807) is 18.4 Å². The number of hydrogen-bond acceptors (Lipinski definition) is 4. The van der Waals surface area contributed by atoms with Gasteiger partial charge >= 0.3 is 0 Å². The Hall–Kier alpha value is -1.68. The highest BCUT2D eigenvalue weighted by Crippen LogP contribution is 2.13. The zero-order valence-corrected chi connectivity index (χ0v) is 11.3. The molecule has 2 rings (SSSR count). The Labute approximate surface area is 110 Å². The molecule has 0 fully saturated rings. The molecule has 3 nitrogen and oxygen atoms in total. The van der Waals surface area contributed by atoms with Gasteiger partial charge in [0.25, 0.3) is 0 Å². The molecule has 0 unspecified atom stereocenters. The molecule has 0 spiro atoms. The highest BCUT2D eigenvalue weighted by atomic mass is 32.1. The molecular weight excluding hydrogens is 246 g/mol. The zero-order valence-electron chi connectivity index (χ0n) is 10.5. The molecule has 0 atom stereocenters. The van der Waals surface area contributed by atoms with Crippen molar-refractivity contribution >= 4 is 17.1 Å². The number of ketones is 1. The van der Waals surface area contributed by atoms with Crippen molar-refractivity contribution in [1.29, 1.82) is 0 Å². The van der Waals surface area contributed by atoms with E-state index in [9.17, 15) is 4.79 Å². The largest absolute Gasteiger partial charge is 0.497 e. The zero-order chi connectivity index (χ0) is 13.0. The summed E-state index contributed by atoms with van der Waals surface area (Å²) in [4.78, 5) is 16.2. The summed E-state index contributed by atoms with van der Waals surface area (Å²) in [6, 6.07) is 7.58. The van der Waals surface area contributed by atoms with Crippen molar-refractivity contribution in [3.05, 3.63) is 45.9 Å². The molecule has 18 heavy (non-hydrogen) atoms. The summed E-state index contributed by atoms with van der Waals surface area (Å²) in [6.07, 6.45) is 0.858. The SMILES string of the molecule is COc1ccc(CC(=O)Cc2csc(C)n2)cc1. The van der Waals surface area contributed by atoms with E-state index in [0.29, 0.717) is 12.8 Å². The van der Waals surface area contributed by atoms with Gasteiger partial charge in [-0.15, -0.1) is 11.3 Å². The predicted octanol–water partition coefficient (Wildman–Crippen LogP) is 2.81. The first-order valence-electron chi connectivity index (χ1n) is 5.73. The van der Waals surface area contributed by atoms with Gasteiger partial charge in [0.05, 0.1) is 17.8 Å². The molecule has 94 valence electrons. The van der Waals surface area contributed by atoms with E-state index in [1.165, 1.54) is 0 Å². The van der Waals surface area contributed by atoms with Crippen LogP contribution in [0.1, 0.15) is 16.3 Å². The quantitative estimate of drug-likeness (QED) is 0.830. The molecular formula is C14H15NO2S. The molecule has 2 aromatic rings. The van der Waals surface area contributed by atoms with E-state index in [0.717, 1.165) is 22.0 Å². The molecule has 0 N–H and O–H groups in total. The first-order valence-corrected chi connectivity index (χ1v) is 6.61. The number of carbonyl (C=O) groups excluding carboxylic acids is 1. The van der Waals surface area contributed by atoms with Gasteiger partial charge in [-0.05, 0) is 24.6 Å². The van der Waals surface area contributed by atoms with Gasteiger partial charge in [-0.2, -0.15) is 0 Å². The topological polar surface area (TPSA) is 39.2 Å². The fourth-order valence-corrected chi connectivity index (χ4v) is 2.34. The lowest BCUT2D eigenvalue weighted by atomic mass is 10.1. The molecule has 1 aromatic carbocycles. The minimum Gasteiger partial charge on any atom is -0.497 e. The van der Waals surface area contributed by atoms with Crippen LogP contribution in [-0.2, 0) is 17.6 Å². The minimum atomic E-state index is 0.186. The number of methoxy groups -OCH3 is 1. The van der Waals surface area contributed by atoms with Crippen LogP contribution in [0.15, 0.2) is 29.6 Å². The van der Waals surface area contributed by atoms with E-state index in [-0.39, 0.29) is 5.78 Å². The number of carbonyl (C=O) groups is 1. The molecule has 4 heteroatoms. The molecule has 0 radical (unpaired) electrons. The number of thiazole rings is 1. The van der Waals surface area contributed by atoms with Gasteiger partial charge in [-0.25, -0.2) is 4.98 Å². The second-order valence-corrected chi connectivity index (χ2v) is 5.16. The third-order valence-corrected chi connectivity index (χ3v) is 3.43. The number of rotatable bonds is 5. The van der Waals surface area contributed by atoms with Crippen molar-refractivity contribution in [2.24, 2.45) is 0 Å². The van der Waals surface area contributed by atoms with Crippen molar-refractivity contribution in [3.8, 4) is 5.75 Å². The summed E-state index contributed by atoms with van der Waals surface area (Å²) >= 11 is 1.58. The third-order valence-electron chi connectivity index (χ3n) is 2.61. The molecule has 0 aliphatic heterocycles. The summed E-state index contributed by atoms with van der Waals surface area (Å²) < 4.78 is 5.08. The van der Waals surface area contributed by atoms with E-state index in [4.69, 9.17) is 4.74 Å². The van der Waals surface area contributed by atoms with E-state index in [2.05, 4.69) is 4.98 Å². The third kappa shape index (κ3) is 3.40. The molecule has 0 saturated heterocycles. The fourth-order valence-electron chi connectivity index (χ4n) is 1.73. The Morgan fingerprint density at radius 2 is 2.00 bits per heavy atom. The summed E-state index contributed by atoms with van der Waals surface area (Å²) in [5.74, 6) is 0.992. The van der Waals surface area contributed by atoms with Crippen LogP contribution in [0.25, 0.3) is 0 Å². The lowest BCUT2D eigenvalue weighted by Gasteiger charge is -2.02. The predicted molar refractivity (Wildman–Crippen MR) is 72.3 cm³/mol. The fraction of sp³-hybridized carbons (Fsp3) is 0.286. The van der Waals surface area contributed by atoms with Crippen LogP contribution in [0.5, 0.6) is 5.75 Å². The van der Waals surface area contributed by atoms with Crippen LogP contribution in [0, 0.1) is 6.92 Å². The Morgan fingerprint density at radius 1 is 1.28 bits per heavy atom. The Balaban J connectivity index is 1.94. The second kappa shape index (κ2) is 5.78. The van der Waals surface area contributed by atoms with Gasteiger partial charge in [0, 0.05) is 18.2 Å². The van der Waals surface area contributed by atoms with Crippen LogP contribution in [-0.4, -0.2) is 17.9 Å². The number of aromatic nitrogens is 1. The van der Waals surface area contributed by atoms with Crippen LogP contribution < -0.4 is 4.74 Å². The number of ether oxygens (including phenoxy) is 1. The molecule has 0 saturated carbocycles. The van der Waals surface area contributed by atoms with E-state index < -0.39 is 0 Å². The number of Topliss-reactive ketones (excluding diaryl/α,β-unsaturated/α-hetero) is 1. The van der Waals surface area contributed by atoms with Crippen molar-refractivity contribution in [2.45, 2.75) is 19.8 Å². The molecule has 0 amide bonds. The lowest BCUT2D eigenvalue weighted by molar-refractivity contribution is -0.117. The average molecular weight is 261 g/mol. The van der Waals surface area contributed by atoms with Gasteiger partial charge in [-0.1, -0.05) is 12.1 Å². The molecule has 0 aliphatic rings. The maximum atomic E-state index is 11.9. The minimum absolute atomic E-state index is 0.186. The first kappa shape index (κ1) is 12.8. The van der Waals surface area contributed by atoms with Gasteiger partial charge < -0.3 is 4.74 Å². The Morgan fingerprint density at radius 3 is 2.56 bits per heavy atom. The lowest BCUT2D eigenvalue weighted by Crippen LogP contribution is -2.06. The van der Waals surface area contributed by atoms with Crippen LogP contribution in [0.2, 0.25) is 0 Å². The Kier molecular flexibility index (Phi) is 4.10. The van der Waals surface area contributed by atoms with Gasteiger partial charge in [0.15, 0.2) is 0 Å².